The summed E-state index contributed by atoms with van der Waals surface area (Å²) >= 11 is 3.27. The maximum absolute atomic E-state index is 11.7. The van der Waals surface area contributed by atoms with Gasteiger partial charge in [0.1, 0.15) is 0 Å². The Labute approximate surface area is 116 Å². The van der Waals surface area contributed by atoms with Crippen LogP contribution in [0.15, 0.2) is 28.9 Å². The van der Waals surface area contributed by atoms with Crippen molar-refractivity contribution in [3.63, 3.8) is 0 Å². The monoisotopic (exact) mass is 324 g/mol. The van der Waals surface area contributed by atoms with Crippen LogP contribution in [0.3, 0.4) is 0 Å². The van der Waals surface area contributed by atoms with E-state index in [0.29, 0.717) is 15.4 Å². The number of non-ortho nitro benzene ring substituents is 1. The van der Waals surface area contributed by atoms with Gasteiger partial charge >= 0.3 is 5.97 Å². The van der Waals surface area contributed by atoms with Gasteiger partial charge in [0, 0.05) is 28.2 Å². The van der Waals surface area contributed by atoms with Crippen molar-refractivity contribution in [3.8, 4) is 0 Å². The lowest BCUT2D eigenvalue weighted by Crippen LogP contribution is -2.06. The second-order valence-electron chi connectivity index (χ2n) is 3.66. The number of fused-ring (bicyclic) bond motifs is 1. The van der Waals surface area contributed by atoms with Gasteiger partial charge in [0.2, 0.25) is 0 Å². The van der Waals surface area contributed by atoms with Gasteiger partial charge in [-0.25, -0.2) is 4.79 Å². The minimum absolute atomic E-state index is 0.0593. The molecule has 0 spiro atoms. The molecule has 0 unspecified atom stereocenters. The van der Waals surface area contributed by atoms with Crippen molar-refractivity contribution in [3.05, 3.63) is 44.5 Å². The number of aromatic nitrogens is 1. The first kappa shape index (κ1) is 13.4. The molecule has 1 heterocycles. The minimum Gasteiger partial charge on any atom is -0.462 e. The molecule has 0 bridgehead atoms. The molecule has 0 radical (unpaired) electrons. The van der Waals surface area contributed by atoms with Crippen LogP contribution in [-0.4, -0.2) is 22.5 Å². The lowest BCUT2D eigenvalue weighted by atomic mass is 10.1. The number of nitrogens with zero attached hydrogens (tertiary/aromatic N) is 2. The zero-order chi connectivity index (χ0) is 14.0. The van der Waals surface area contributed by atoms with Crippen LogP contribution in [0.2, 0.25) is 0 Å². The first-order chi connectivity index (χ1) is 9.04. The largest absolute Gasteiger partial charge is 0.462 e. The molecule has 0 saturated carbocycles. The summed E-state index contributed by atoms with van der Waals surface area (Å²) in [6.07, 6.45) is 1.39. The van der Waals surface area contributed by atoms with Crippen LogP contribution in [0.4, 0.5) is 5.69 Å². The SMILES string of the molecule is CCOC(=O)c1cnc2ccc([N+](=O)[O-])cc2c1Br. The molecular formula is C12H9BrN2O4. The normalized spacial score (nSPS) is 10.4. The highest BCUT2D eigenvalue weighted by atomic mass is 79.9. The number of benzene rings is 1. The van der Waals surface area contributed by atoms with E-state index in [-0.39, 0.29) is 17.9 Å². The summed E-state index contributed by atoms with van der Waals surface area (Å²) in [5, 5.41) is 11.3. The van der Waals surface area contributed by atoms with Gasteiger partial charge in [0.05, 0.1) is 22.6 Å². The second kappa shape index (κ2) is 5.31. The van der Waals surface area contributed by atoms with Crippen LogP contribution in [0, 0.1) is 10.1 Å². The summed E-state index contributed by atoms with van der Waals surface area (Å²) in [6, 6.07) is 4.27. The number of halogens is 1. The molecule has 1 aromatic heterocycles. The highest BCUT2D eigenvalue weighted by Gasteiger charge is 2.16. The Morgan fingerprint density at radius 1 is 1.53 bits per heavy atom. The van der Waals surface area contributed by atoms with Crippen molar-refractivity contribution in [1.82, 2.24) is 4.98 Å². The zero-order valence-corrected chi connectivity index (χ0v) is 11.5. The van der Waals surface area contributed by atoms with Crippen molar-refractivity contribution < 1.29 is 14.5 Å². The first-order valence-electron chi connectivity index (χ1n) is 5.44. The molecule has 0 N–H and O–H groups in total. The third kappa shape index (κ3) is 2.55. The Hall–Kier alpha value is -2.02. The number of carbonyl (C=O) groups excluding carboxylic acids is 1. The number of esters is 1. The Morgan fingerprint density at radius 2 is 2.26 bits per heavy atom. The lowest BCUT2D eigenvalue weighted by Gasteiger charge is -2.06. The van der Waals surface area contributed by atoms with Gasteiger partial charge in [-0.15, -0.1) is 0 Å². The standard InChI is InChI=1S/C12H9BrN2O4/c1-2-19-12(16)9-6-14-10-4-3-7(15(17)18)5-8(10)11(9)13/h3-6H,2H2,1H3. The minimum atomic E-state index is -0.518. The summed E-state index contributed by atoms with van der Waals surface area (Å²) in [5.41, 5.74) is 0.747. The topological polar surface area (TPSA) is 82.3 Å². The molecule has 0 saturated heterocycles. The van der Waals surface area contributed by atoms with Crippen LogP contribution >= 0.6 is 15.9 Å². The van der Waals surface area contributed by atoms with Gasteiger partial charge in [-0.1, -0.05) is 0 Å². The average Bonchev–Trinajstić information content (AvgIpc) is 2.39. The highest BCUT2D eigenvalue weighted by molar-refractivity contribution is 9.10. The Balaban J connectivity index is 2.61. The predicted octanol–water partition coefficient (Wildman–Crippen LogP) is 3.08. The van der Waals surface area contributed by atoms with E-state index in [0.717, 1.165) is 0 Å². The maximum atomic E-state index is 11.7. The van der Waals surface area contributed by atoms with E-state index in [4.69, 9.17) is 4.74 Å². The van der Waals surface area contributed by atoms with E-state index in [1.165, 1.54) is 24.4 Å². The molecule has 0 aliphatic rings. The van der Waals surface area contributed by atoms with Crippen molar-refractivity contribution >= 4 is 38.5 Å². The van der Waals surface area contributed by atoms with Crippen LogP contribution in [0.25, 0.3) is 10.9 Å². The Kier molecular flexibility index (Phi) is 3.75. The van der Waals surface area contributed by atoms with Gasteiger partial charge in [-0.3, -0.25) is 15.1 Å². The molecule has 6 nitrogen and oxygen atoms in total. The van der Waals surface area contributed by atoms with E-state index in [9.17, 15) is 14.9 Å². The number of rotatable bonds is 3. The number of ether oxygens (including phenoxy) is 1. The van der Waals surface area contributed by atoms with E-state index in [1.807, 2.05) is 0 Å². The molecule has 0 atom stereocenters. The molecule has 98 valence electrons. The van der Waals surface area contributed by atoms with E-state index in [1.54, 1.807) is 6.92 Å². The number of pyridine rings is 1. The molecule has 2 rings (SSSR count). The highest BCUT2D eigenvalue weighted by Crippen LogP contribution is 2.29. The summed E-state index contributed by atoms with van der Waals surface area (Å²) in [6.45, 7) is 1.95. The molecule has 0 aliphatic carbocycles. The van der Waals surface area contributed by atoms with Gasteiger partial charge in [0.15, 0.2) is 0 Å². The third-order valence-electron chi connectivity index (χ3n) is 2.49. The molecule has 2 aromatic rings. The smallest absolute Gasteiger partial charge is 0.340 e. The number of carbonyl (C=O) groups is 1. The fourth-order valence-electron chi connectivity index (χ4n) is 1.61. The van der Waals surface area contributed by atoms with Crippen molar-refractivity contribution in [2.45, 2.75) is 6.92 Å². The average molecular weight is 325 g/mol. The predicted molar refractivity (Wildman–Crippen MR) is 72.1 cm³/mol. The van der Waals surface area contributed by atoms with Crippen molar-refractivity contribution in [2.75, 3.05) is 6.61 Å². The quantitative estimate of drug-likeness (QED) is 0.492. The van der Waals surface area contributed by atoms with Gasteiger partial charge in [-0.2, -0.15) is 0 Å². The summed E-state index contributed by atoms with van der Waals surface area (Å²) < 4.78 is 5.34. The number of hydrogen-bond donors (Lipinski definition) is 0. The lowest BCUT2D eigenvalue weighted by molar-refractivity contribution is -0.384. The van der Waals surface area contributed by atoms with Gasteiger partial charge in [0.25, 0.3) is 5.69 Å². The molecular weight excluding hydrogens is 316 g/mol. The van der Waals surface area contributed by atoms with E-state index in [2.05, 4.69) is 20.9 Å². The van der Waals surface area contributed by atoms with Crippen LogP contribution in [-0.2, 0) is 4.74 Å². The molecule has 1 aromatic carbocycles. The van der Waals surface area contributed by atoms with E-state index >= 15 is 0 Å². The summed E-state index contributed by atoms with van der Waals surface area (Å²) in [7, 11) is 0. The van der Waals surface area contributed by atoms with E-state index < -0.39 is 10.9 Å². The van der Waals surface area contributed by atoms with Crippen LogP contribution < -0.4 is 0 Å². The maximum Gasteiger partial charge on any atom is 0.340 e. The van der Waals surface area contributed by atoms with Gasteiger partial charge < -0.3 is 4.74 Å². The molecule has 19 heavy (non-hydrogen) atoms. The summed E-state index contributed by atoms with van der Waals surface area (Å²) in [5.74, 6) is -0.518. The van der Waals surface area contributed by atoms with Crippen molar-refractivity contribution in [1.29, 1.82) is 0 Å². The first-order valence-corrected chi connectivity index (χ1v) is 6.23. The fraction of sp³-hybridized carbons (Fsp3) is 0.167. The Bertz CT molecular complexity index is 672. The number of nitro benzene ring substituents is 1. The van der Waals surface area contributed by atoms with Crippen molar-refractivity contribution in [2.24, 2.45) is 0 Å². The molecule has 0 amide bonds. The van der Waals surface area contributed by atoms with Crippen LogP contribution in [0.5, 0.6) is 0 Å². The van der Waals surface area contributed by atoms with Crippen LogP contribution in [0.1, 0.15) is 17.3 Å². The molecule has 7 heteroatoms. The Morgan fingerprint density at radius 3 is 2.89 bits per heavy atom. The third-order valence-corrected chi connectivity index (χ3v) is 3.35. The second-order valence-corrected chi connectivity index (χ2v) is 4.46. The molecule has 0 aliphatic heterocycles. The molecule has 0 fully saturated rings. The fourth-order valence-corrected chi connectivity index (χ4v) is 2.19. The summed E-state index contributed by atoms with van der Waals surface area (Å²) in [4.78, 5) is 26.1. The zero-order valence-electron chi connectivity index (χ0n) is 9.92. The van der Waals surface area contributed by atoms with Gasteiger partial charge in [-0.05, 0) is 28.9 Å². The number of hydrogen-bond acceptors (Lipinski definition) is 5. The number of nitro groups is 1.